The topological polar surface area (TPSA) is 35.2 Å². The van der Waals surface area contributed by atoms with Crippen LogP contribution < -0.4 is 10.5 Å². The molecule has 0 radical (unpaired) electrons. The maximum Gasteiger partial charge on any atom is 0.119 e. The molecule has 0 aliphatic carbocycles. The van der Waals surface area contributed by atoms with Gasteiger partial charge in [0.25, 0.3) is 0 Å². The number of benzene rings is 1. The number of nitrogens with two attached hydrogens (primary N) is 1. The zero-order chi connectivity index (χ0) is 9.84. The van der Waals surface area contributed by atoms with E-state index in [-0.39, 0.29) is 6.04 Å². The lowest BCUT2D eigenvalue weighted by Crippen LogP contribution is -2.18. The molecule has 1 rings (SSSR count). The van der Waals surface area contributed by atoms with Gasteiger partial charge in [-0.05, 0) is 59.7 Å². The van der Waals surface area contributed by atoms with E-state index in [4.69, 9.17) is 10.5 Å². The predicted octanol–water partition coefficient (Wildman–Crippen LogP) is 2.19. The highest BCUT2D eigenvalue weighted by Crippen LogP contribution is 2.20. The van der Waals surface area contributed by atoms with Crippen LogP contribution in [-0.4, -0.2) is 13.2 Å². The van der Waals surface area contributed by atoms with Crippen LogP contribution in [0.1, 0.15) is 12.5 Å². The second kappa shape index (κ2) is 4.81. The van der Waals surface area contributed by atoms with Gasteiger partial charge in [-0.2, -0.15) is 0 Å². The monoisotopic (exact) mass is 291 g/mol. The van der Waals surface area contributed by atoms with Crippen LogP contribution in [0.2, 0.25) is 0 Å². The molecular formula is C10H14INO. The predicted molar refractivity (Wildman–Crippen MR) is 63.1 cm³/mol. The van der Waals surface area contributed by atoms with Gasteiger partial charge >= 0.3 is 0 Å². The van der Waals surface area contributed by atoms with Crippen LogP contribution in [0.4, 0.5) is 0 Å². The third kappa shape index (κ3) is 3.15. The van der Waals surface area contributed by atoms with Crippen molar-refractivity contribution >= 4 is 22.6 Å². The van der Waals surface area contributed by atoms with Gasteiger partial charge in [0.1, 0.15) is 5.75 Å². The van der Waals surface area contributed by atoms with Gasteiger partial charge in [0.15, 0.2) is 0 Å². The summed E-state index contributed by atoms with van der Waals surface area (Å²) in [6.07, 6.45) is 0.898. The van der Waals surface area contributed by atoms with Gasteiger partial charge in [0.05, 0.1) is 7.11 Å². The molecule has 0 fully saturated rings. The first-order valence-corrected chi connectivity index (χ1v) is 5.29. The molecule has 13 heavy (non-hydrogen) atoms. The Morgan fingerprint density at radius 2 is 2.23 bits per heavy atom. The summed E-state index contributed by atoms with van der Waals surface area (Å²) in [7, 11) is 1.68. The van der Waals surface area contributed by atoms with E-state index in [1.165, 1.54) is 9.13 Å². The van der Waals surface area contributed by atoms with Crippen LogP contribution in [0.15, 0.2) is 18.2 Å². The Morgan fingerprint density at radius 1 is 1.54 bits per heavy atom. The molecular weight excluding hydrogens is 277 g/mol. The number of rotatable bonds is 3. The number of hydrogen-bond donors (Lipinski definition) is 1. The summed E-state index contributed by atoms with van der Waals surface area (Å²) >= 11 is 2.32. The highest BCUT2D eigenvalue weighted by atomic mass is 127. The highest BCUT2D eigenvalue weighted by Gasteiger charge is 2.04. The summed E-state index contributed by atoms with van der Waals surface area (Å²) in [5.41, 5.74) is 7.00. The van der Waals surface area contributed by atoms with Crippen molar-refractivity contribution in [3.8, 4) is 5.75 Å². The number of halogens is 1. The first kappa shape index (κ1) is 10.8. The van der Waals surface area contributed by atoms with E-state index in [9.17, 15) is 0 Å². The van der Waals surface area contributed by atoms with E-state index in [2.05, 4.69) is 28.7 Å². The second-order valence-electron chi connectivity index (χ2n) is 3.14. The first-order chi connectivity index (χ1) is 6.13. The Balaban J connectivity index is 2.90. The third-order valence-electron chi connectivity index (χ3n) is 1.79. The molecule has 0 saturated carbocycles. The minimum Gasteiger partial charge on any atom is -0.497 e. The van der Waals surface area contributed by atoms with Gasteiger partial charge in [0.2, 0.25) is 0 Å². The molecule has 0 aliphatic rings. The smallest absolute Gasteiger partial charge is 0.119 e. The lowest BCUT2D eigenvalue weighted by atomic mass is 10.1. The summed E-state index contributed by atoms with van der Waals surface area (Å²) in [6.45, 7) is 2.01. The van der Waals surface area contributed by atoms with Gasteiger partial charge < -0.3 is 10.5 Å². The summed E-state index contributed by atoms with van der Waals surface area (Å²) in [6, 6.07) is 6.26. The number of methoxy groups -OCH3 is 1. The lowest BCUT2D eigenvalue weighted by Gasteiger charge is -2.09. The molecule has 2 N–H and O–H groups in total. The number of hydrogen-bond acceptors (Lipinski definition) is 2. The molecule has 0 unspecified atom stereocenters. The fourth-order valence-electron chi connectivity index (χ4n) is 1.18. The maximum atomic E-state index is 5.74. The second-order valence-corrected chi connectivity index (χ2v) is 4.30. The van der Waals surface area contributed by atoms with Crippen molar-refractivity contribution in [1.29, 1.82) is 0 Å². The van der Waals surface area contributed by atoms with Gasteiger partial charge in [-0.3, -0.25) is 0 Å². The molecule has 0 bridgehead atoms. The molecule has 0 heterocycles. The zero-order valence-corrected chi connectivity index (χ0v) is 10.0. The fourth-order valence-corrected chi connectivity index (χ4v) is 1.74. The molecule has 3 heteroatoms. The molecule has 1 aromatic carbocycles. The molecule has 0 spiro atoms. The largest absolute Gasteiger partial charge is 0.497 e. The molecule has 0 amide bonds. The average Bonchev–Trinajstić information content (AvgIpc) is 2.08. The quantitative estimate of drug-likeness (QED) is 0.866. The van der Waals surface area contributed by atoms with Crippen LogP contribution in [0, 0.1) is 3.57 Å². The van der Waals surface area contributed by atoms with Gasteiger partial charge in [0, 0.05) is 9.61 Å². The molecule has 1 atom stereocenters. The van der Waals surface area contributed by atoms with E-state index in [1.54, 1.807) is 7.11 Å². The normalized spacial score (nSPS) is 12.6. The van der Waals surface area contributed by atoms with E-state index in [0.29, 0.717) is 0 Å². The lowest BCUT2D eigenvalue weighted by molar-refractivity contribution is 0.414. The zero-order valence-electron chi connectivity index (χ0n) is 7.88. The van der Waals surface area contributed by atoms with Crippen molar-refractivity contribution in [2.24, 2.45) is 5.73 Å². The minimum atomic E-state index is 0.195. The van der Waals surface area contributed by atoms with E-state index in [0.717, 1.165) is 12.2 Å². The molecule has 0 aromatic heterocycles. The molecule has 0 saturated heterocycles. The van der Waals surface area contributed by atoms with Crippen LogP contribution >= 0.6 is 22.6 Å². The van der Waals surface area contributed by atoms with Crippen molar-refractivity contribution < 1.29 is 4.74 Å². The van der Waals surface area contributed by atoms with Crippen molar-refractivity contribution in [1.82, 2.24) is 0 Å². The van der Waals surface area contributed by atoms with Crippen molar-refractivity contribution in [2.75, 3.05) is 7.11 Å². The average molecular weight is 291 g/mol. The fraction of sp³-hybridized carbons (Fsp3) is 0.400. The van der Waals surface area contributed by atoms with E-state index < -0.39 is 0 Å². The molecule has 72 valence electrons. The van der Waals surface area contributed by atoms with Gasteiger partial charge in [-0.25, -0.2) is 0 Å². The SMILES string of the molecule is COc1ccc(I)c(C[C@@H](C)N)c1. The Bertz CT molecular complexity index is 286. The van der Waals surface area contributed by atoms with Crippen LogP contribution in [0.25, 0.3) is 0 Å². The highest BCUT2D eigenvalue weighted by molar-refractivity contribution is 14.1. The van der Waals surface area contributed by atoms with Crippen molar-refractivity contribution in [3.05, 3.63) is 27.3 Å². The third-order valence-corrected chi connectivity index (χ3v) is 2.85. The van der Waals surface area contributed by atoms with E-state index >= 15 is 0 Å². The Kier molecular flexibility index (Phi) is 3.99. The van der Waals surface area contributed by atoms with E-state index in [1.807, 2.05) is 19.1 Å². The molecule has 0 aliphatic heterocycles. The van der Waals surface area contributed by atoms with Crippen molar-refractivity contribution in [2.45, 2.75) is 19.4 Å². The van der Waals surface area contributed by atoms with Gasteiger partial charge in [-0.15, -0.1) is 0 Å². The standard InChI is InChI=1S/C10H14INO/c1-7(12)5-8-6-9(13-2)3-4-10(8)11/h3-4,6-7H,5,12H2,1-2H3/t7-/m1/s1. The first-order valence-electron chi connectivity index (χ1n) is 4.21. The molecule has 1 aromatic rings. The summed E-state index contributed by atoms with van der Waals surface area (Å²) in [4.78, 5) is 0. The Labute approximate surface area is 92.6 Å². The summed E-state index contributed by atoms with van der Waals surface area (Å²) in [5, 5.41) is 0. The van der Waals surface area contributed by atoms with Crippen molar-refractivity contribution in [3.63, 3.8) is 0 Å². The summed E-state index contributed by atoms with van der Waals surface area (Å²) < 4.78 is 6.39. The Morgan fingerprint density at radius 3 is 2.77 bits per heavy atom. The van der Waals surface area contributed by atoms with Gasteiger partial charge in [-0.1, -0.05) is 0 Å². The summed E-state index contributed by atoms with van der Waals surface area (Å²) in [5.74, 6) is 0.899. The minimum absolute atomic E-state index is 0.195. The maximum absolute atomic E-state index is 5.74. The number of ether oxygens (including phenoxy) is 1. The Hall–Kier alpha value is -0.290. The molecule has 2 nitrogen and oxygen atoms in total. The van der Waals surface area contributed by atoms with Crippen LogP contribution in [0.3, 0.4) is 0 Å². The van der Waals surface area contributed by atoms with Crippen LogP contribution in [-0.2, 0) is 6.42 Å². The van der Waals surface area contributed by atoms with Crippen LogP contribution in [0.5, 0.6) is 5.75 Å².